The molecule has 6 heteroatoms. The standard InChI is InChI=1S/C16H20N4O2/c1-4-7-20-16(21)12(15(17)18)9-13(19-20)11-8-10(2)5-6-14(11)22-3/h5-6,8-9H,4,7H2,1-3H3,(H3,17,18). The van der Waals surface area contributed by atoms with Gasteiger partial charge in [-0.2, -0.15) is 5.10 Å². The maximum atomic E-state index is 12.3. The minimum atomic E-state index is -0.343. The van der Waals surface area contributed by atoms with E-state index >= 15 is 0 Å². The Morgan fingerprint density at radius 1 is 1.41 bits per heavy atom. The predicted octanol–water partition coefficient (Wildman–Crippen LogP) is 1.92. The van der Waals surface area contributed by atoms with Gasteiger partial charge in [-0.05, 0) is 31.5 Å². The summed E-state index contributed by atoms with van der Waals surface area (Å²) in [5, 5.41) is 12.0. The molecule has 2 aromatic rings. The van der Waals surface area contributed by atoms with E-state index in [4.69, 9.17) is 15.9 Å². The minimum absolute atomic E-state index is 0.155. The van der Waals surface area contributed by atoms with E-state index in [1.165, 1.54) is 4.68 Å². The molecule has 0 aliphatic carbocycles. The monoisotopic (exact) mass is 300 g/mol. The number of methoxy groups -OCH3 is 1. The molecule has 0 saturated carbocycles. The zero-order chi connectivity index (χ0) is 16.3. The predicted molar refractivity (Wildman–Crippen MR) is 86.5 cm³/mol. The first kappa shape index (κ1) is 15.8. The van der Waals surface area contributed by atoms with Gasteiger partial charge in [-0.25, -0.2) is 4.68 Å². The lowest BCUT2D eigenvalue weighted by atomic mass is 10.1. The van der Waals surface area contributed by atoms with E-state index in [2.05, 4.69) is 5.10 Å². The van der Waals surface area contributed by atoms with Crippen molar-refractivity contribution in [2.24, 2.45) is 5.73 Å². The van der Waals surface area contributed by atoms with E-state index < -0.39 is 0 Å². The summed E-state index contributed by atoms with van der Waals surface area (Å²) in [5.41, 5.74) is 7.74. The summed E-state index contributed by atoms with van der Waals surface area (Å²) in [7, 11) is 1.59. The highest BCUT2D eigenvalue weighted by Crippen LogP contribution is 2.29. The van der Waals surface area contributed by atoms with Crippen molar-refractivity contribution < 1.29 is 4.74 Å². The maximum absolute atomic E-state index is 12.3. The zero-order valence-corrected chi connectivity index (χ0v) is 13.0. The van der Waals surface area contributed by atoms with Crippen LogP contribution in [-0.2, 0) is 6.54 Å². The van der Waals surface area contributed by atoms with Gasteiger partial charge in [0.1, 0.15) is 11.6 Å². The molecule has 1 aromatic heterocycles. The summed E-state index contributed by atoms with van der Waals surface area (Å²) in [6, 6.07) is 7.28. The molecular weight excluding hydrogens is 280 g/mol. The number of aryl methyl sites for hydroxylation is 2. The van der Waals surface area contributed by atoms with E-state index in [1.807, 2.05) is 32.0 Å². The number of rotatable bonds is 5. The van der Waals surface area contributed by atoms with Gasteiger partial charge in [0.15, 0.2) is 0 Å². The third kappa shape index (κ3) is 3.00. The molecule has 0 radical (unpaired) electrons. The molecule has 0 amide bonds. The first-order valence-corrected chi connectivity index (χ1v) is 7.09. The van der Waals surface area contributed by atoms with E-state index in [0.29, 0.717) is 18.0 Å². The molecule has 0 aliphatic heterocycles. The van der Waals surface area contributed by atoms with Crippen LogP contribution >= 0.6 is 0 Å². The molecule has 0 atom stereocenters. The lowest BCUT2D eigenvalue weighted by Crippen LogP contribution is -2.31. The van der Waals surface area contributed by atoms with Gasteiger partial charge < -0.3 is 10.5 Å². The summed E-state index contributed by atoms with van der Waals surface area (Å²) in [6.07, 6.45) is 0.763. The number of aromatic nitrogens is 2. The van der Waals surface area contributed by atoms with Crippen molar-refractivity contribution in [3.05, 3.63) is 45.7 Å². The van der Waals surface area contributed by atoms with Crippen LogP contribution in [0.1, 0.15) is 24.5 Å². The Labute approximate surface area is 129 Å². The number of nitrogen functional groups attached to an aromatic ring is 1. The molecular formula is C16H20N4O2. The van der Waals surface area contributed by atoms with Crippen LogP contribution in [0.2, 0.25) is 0 Å². The quantitative estimate of drug-likeness (QED) is 0.651. The van der Waals surface area contributed by atoms with Crippen LogP contribution in [0.4, 0.5) is 0 Å². The minimum Gasteiger partial charge on any atom is -0.496 e. The highest BCUT2D eigenvalue weighted by atomic mass is 16.5. The second-order valence-corrected chi connectivity index (χ2v) is 5.09. The lowest BCUT2D eigenvalue weighted by Gasteiger charge is -2.12. The van der Waals surface area contributed by atoms with E-state index in [9.17, 15) is 4.79 Å². The third-order valence-corrected chi connectivity index (χ3v) is 3.33. The number of ether oxygens (including phenoxy) is 1. The molecule has 0 fully saturated rings. The van der Waals surface area contributed by atoms with Crippen molar-refractivity contribution in [3.8, 4) is 17.0 Å². The van der Waals surface area contributed by atoms with Crippen molar-refractivity contribution in [1.82, 2.24) is 9.78 Å². The first-order valence-electron chi connectivity index (χ1n) is 7.09. The fraction of sp³-hybridized carbons (Fsp3) is 0.312. The lowest BCUT2D eigenvalue weighted by molar-refractivity contribution is 0.416. The Morgan fingerprint density at radius 2 is 2.14 bits per heavy atom. The van der Waals surface area contributed by atoms with Crippen LogP contribution in [0.15, 0.2) is 29.1 Å². The van der Waals surface area contributed by atoms with Crippen molar-refractivity contribution in [2.45, 2.75) is 26.8 Å². The van der Waals surface area contributed by atoms with Crippen molar-refractivity contribution in [3.63, 3.8) is 0 Å². The van der Waals surface area contributed by atoms with Crippen molar-refractivity contribution in [1.29, 1.82) is 5.41 Å². The fourth-order valence-corrected chi connectivity index (χ4v) is 2.25. The van der Waals surface area contributed by atoms with Gasteiger partial charge in [0, 0.05) is 12.1 Å². The average Bonchev–Trinajstić information content (AvgIpc) is 2.49. The number of amidine groups is 1. The van der Waals surface area contributed by atoms with E-state index in [-0.39, 0.29) is 17.0 Å². The molecule has 3 N–H and O–H groups in total. The first-order chi connectivity index (χ1) is 10.5. The number of nitrogens with zero attached hydrogens (tertiary/aromatic N) is 2. The summed E-state index contributed by atoms with van der Waals surface area (Å²) >= 11 is 0. The van der Waals surface area contributed by atoms with Gasteiger partial charge >= 0.3 is 0 Å². The summed E-state index contributed by atoms with van der Waals surface area (Å²) in [6.45, 7) is 4.40. The maximum Gasteiger partial charge on any atom is 0.277 e. The fourth-order valence-electron chi connectivity index (χ4n) is 2.25. The molecule has 2 rings (SSSR count). The Balaban J connectivity index is 2.73. The van der Waals surface area contributed by atoms with Gasteiger partial charge in [0.05, 0.1) is 18.4 Å². The molecule has 1 aromatic carbocycles. The molecule has 0 bridgehead atoms. The Kier molecular flexibility index (Phi) is 4.60. The molecule has 0 unspecified atom stereocenters. The molecule has 0 spiro atoms. The molecule has 116 valence electrons. The molecule has 6 nitrogen and oxygen atoms in total. The summed E-state index contributed by atoms with van der Waals surface area (Å²) in [4.78, 5) is 12.3. The van der Waals surface area contributed by atoms with Gasteiger partial charge in [-0.3, -0.25) is 10.2 Å². The Bertz CT molecular complexity index is 765. The number of benzene rings is 1. The van der Waals surface area contributed by atoms with E-state index in [0.717, 1.165) is 17.5 Å². The van der Waals surface area contributed by atoms with Crippen molar-refractivity contribution >= 4 is 5.84 Å². The average molecular weight is 300 g/mol. The normalized spacial score (nSPS) is 10.5. The van der Waals surface area contributed by atoms with Crippen molar-refractivity contribution in [2.75, 3.05) is 7.11 Å². The van der Waals surface area contributed by atoms with Crippen LogP contribution in [0.5, 0.6) is 5.75 Å². The molecule has 0 aliphatic rings. The summed E-state index contributed by atoms with van der Waals surface area (Å²) < 4.78 is 6.73. The molecule has 1 heterocycles. The second kappa shape index (κ2) is 6.43. The van der Waals surface area contributed by atoms with Crippen LogP contribution in [0.25, 0.3) is 11.3 Å². The SMILES string of the molecule is CCCn1nc(-c2cc(C)ccc2OC)cc(C(=N)N)c1=O. The number of nitrogens with one attached hydrogen (secondary N) is 1. The van der Waals surface area contributed by atoms with Crippen LogP contribution in [0, 0.1) is 12.3 Å². The van der Waals surface area contributed by atoms with Crippen LogP contribution in [0.3, 0.4) is 0 Å². The second-order valence-electron chi connectivity index (χ2n) is 5.09. The molecule has 0 saturated heterocycles. The largest absolute Gasteiger partial charge is 0.496 e. The van der Waals surface area contributed by atoms with Gasteiger partial charge in [0.2, 0.25) is 0 Å². The Morgan fingerprint density at radius 3 is 2.73 bits per heavy atom. The smallest absolute Gasteiger partial charge is 0.277 e. The highest BCUT2D eigenvalue weighted by molar-refractivity contribution is 5.95. The van der Waals surface area contributed by atoms with Gasteiger partial charge in [0.25, 0.3) is 5.56 Å². The number of hydrogen-bond acceptors (Lipinski definition) is 4. The van der Waals surface area contributed by atoms with Crippen LogP contribution < -0.4 is 16.0 Å². The topological polar surface area (TPSA) is 94.0 Å². The zero-order valence-electron chi connectivity index (χ0n) is 13.0. The number of hydrogen-bond donors (Lipinski definition) is 2. The Hall–Kier alpha value is -2.63. The van der Waals surface area contributed by atoms with Gasteiger partial charge in [-0.15, -0.1) is 0 Å². The highest BCUT2D eigenvalue weighted by Gasteiger charge is 2.14. The van der Waals surface area contributed by atoms with Gasteiger partial charge in [-0.1, -0.05) is 18.6 Å². The number of nitrogens with two attached hydrogens (primary N) is 1. The van der Waals surface area contributed by atoms with E-state index in [1.54, 1.807) is 13.2 Å². The third-order valence-electron chi connectivity index (χ3n) is 3.33. The van der Waals surface area contributed by atoms with Crippen LogP contribution in [-0.4, -0.2) is 22.7 Å². The summed E-state index contributed by atoms with van der Waals surface area (Å²) in [5.74, 6) is 0.402. The molecule has 22 heavy (non-hydrogen) atoms.